The number of nitrogens with two attached hydrogens (primary N) is 1. The molecule has 1 fully saturated rings. The topological polar surface area (TPSA) is 55.6 Å². The largest absolute Gasteiger partial charge is 0.460 e. The van der Waals surface area contributed by atoms with Crippen LogP contribution in [0.2, 0.25) is 0 Å². The quantitative estimate of drug-likeness (QED) is 0.782. The lowest BCUT2D eigenvalue weighted by atomic mass is 9.91. The number of piperidine rings is 1. The standard InChI is InChI=1S/C14H28N2O2/c1-13(2,3)18-12(17)14(4,5)10-16-8-6-7-11(15)9-16/h11H,6-10,15H2,1-5H3. The molecule has 1 rings (SSSR count). The monoisotopic (exact) mass is 256 g/mol. The van der Waals surface area contributed by atoms with Gasteiger partial charge >= 0.3 is 5.97 Å². The van der Waals surface area contributed by atoms with E-state index >= 15 is 0 Å². The molecule has 0 radical (unpaired) electrons. The maximum absolute atomic E-state index is 12.2. The van der Waals surface area contributed by atoms with Crippen LogP contribution in [-0.2, 0) is 9.53 Å². The van der Waals surface area contributed by atoms with Gasteiger partial charge in [0, 0.05) is 19.1 Å². The molecule has 0 amide bonds. The summed E-state index contributed by atoms with van der Waals surface area (Å²) >= 11 is 0. The molecule has 0 spiro atoms. The first kappa shape index (κ1) is 15.4. The van der Waals surface area contributed by atoms with Gasteiger partial charge in [0.25, 0.3) is 0 Å². The van der Waals surface area contributed by atoms with Crippen molar-refractivity contribution in [3.63, 3.8) is 0 Å². The molecular weight excluding hydrogens is 228 g/mol. The Kier molecular flexibility index (Phi) is 4.78. The number of rotatable bonds is 3. The summed E-state index contributed by atoms with van der Waals surface area (Å²) in [5.74, 6) is -0.130. The SMILES string of the molecule is CC(C)(C)OC(=O)C(C)(C)CN1CCCC(N)C1. The Hall–Kier alpha value is -0.610. The van der Waals surface area contributed by atoms with E-state index in [-0.39, 0.29) is 12.0 Å². The fourth-order valence-electron chi connectivity index (χ4n) is 2.27. The number of nitrogens with zero attached hydrogens (tertiary/aromatic N) is 1. The maximum atomic E-state index is 12.2. The van der Waals surface area contributed by atoms with Crippen molar-refractivity contribution < 1.29 is 9.53 Å². The maximum Gasteiger partial charge on any atom is 0.313 e. The number of hydrogen-bond donors (Lipinski definition) is 1. The van der Waals surface area contributed by atoms with Crippen LogP contribution in [-0.4, -0.2) is 42.1 Å². The Balaban J connectivity index is 2.55. The third kappa shape index (κ3) is 4.94. The van der Waals surface area contributed by atoms with E-state index in [0.29, 0.717) is 0 Å². The van der Waals surface area contributed by atoms with Gasteiger partial charge in [-0.25, -0.2) is 0 Å². The Labute approximate surface area is 111 Å². The number of likely N-dealkylation sites (tertiary alicyclic amines) is 1. The van der Waals surface area contributed by atoms with Crippen LogP contribution in [0.15, 0.2) is 0 Å². The molecule has 0 saturated carbocycles. The average Bonchev–Trinajstić information content (AvgIpc) is 2.13. The second kappa shape index (κ2) is 5.57. The highest BCUT2D eigenvalue weighted by atomic mass is 16.6. The summed E-state index contributed by atoms with van der Waals surface area (Å²) in [4.78, 5) is 14.4. The van der Waals surface area contributed by atoms with Gasteiger partial charge in [0.05, 0.1) is 5.41 Å². The molecule has 0 aromatic carbocycles. The molecule has 106 valence electrons. The normalized spacial score (nSPS) is 22.9. The van der Waals surface area contributed by atoms with E-state index in [1.807, 2.05) is 34.6 Å². The highest BCUT2D eigenvalue weighted by molar-refractivity contribution is 5.76. The number of hydrogen-bond acceptors (Lipinski definition) is 4. The molecular formula is C14H28N2O2. The summed E-state index contributed by atoms with van der Waals surface area (Å²) < 4.78 is 5.47. The van der Waals surface area contributed by atoms with Gasteiger partial charge in [-0.1, -0.05) is 0 Å². The van der Waals surface area contributed by atoms with Crippen LogP contribution in [0.3, 0.4) is 0 Å². The second-order valence-corrected chi connectivity index (χ2v) is 7.02. The van der Waals surface area contributed by atoms with Crippen molar-refractivity contribution in [1.82, 2.24) is 4.90 Å². The van der Waals surface area contributed by atoms with Crippen LogP contribution >= 0.6 is 0 Å². The summed E-state index contributed by atoms with van der Waals surface area (Å²) in [6.07, 6.45) is 2.20. The average molecular weight is 256 g/mol. The van der Waals surface area contributed by atoms with E-state index in [9.17, 15) is 4.79 Å². The van der Waals surface area contributed by atoms with E-state index in [1.165, 1.54) is 0 Å². The Morgan fingerprint density at radius 1 is 1.33 bits per heavy atom. The molecule has 1 aliphatic rings. The van der Waals surface area contributed by atoms with Crippen LogP contribution in [0.5, 0.6) is 0 Å². The van der Waals surface area contributed by atoms with E-state index in [0.717, 1.165) is 32.5 Å². The summed E-state index contributed by atoms with van der Waals surface area (Å²) in [6.45, 7) is 12.2. The lowest BCUT2D eigenvalue weighted by molar-refractivity contribution is -0.166. The van der Waals surface area contributed by atoms with Crippen molar-refractivity contribution in [3.05, 3.63) is 0 Å². The van der Waals surface area contributed by atoms with Crippen LogP contribution in [0.4, 0.5) is 0 Å². The van der Waals surface area contributed by atoms with Crippen molar-refractivity contribution in [3.8, 4) is 0 Å². The highest BCUT2D eigenvalue weighted by Crippen LogP contribution is 2.24. The minimum absolute atomic E-state index is 0.130. The lowest BCUT2D eigenvalue weighted by Gasteiger charge is -2.36. The van der Waals surface area contributed by atoms with Gasteiger partial charge in [-0.3, -0.25) is 4.79 Å². The highest BCUT2D eigenvalue weighted by Gasteiger charge is 2.35. The first-order chi connectivity index (χ1) is 8.10. The molecule has 1 heterocycles. The number of carbonyl (C=O) groups is 1. The van der Waals surface area contributed by atoms with Crippen molar-refractivity contribution in [2.24, 2.45) is 11.1 Å². The third-order valence-electron chi connectivity index (χ3n) is 3.11. The van der Waals surface area contributed by atoms with Crippen LogP contribution in [0.1, 0.15) is 47.5 Å². The molecule has 4 heteroatoms. The zero-order valence-electron chi connectivity index (χ0n) is 12.5. The van der Waals surface area contributed by atoms with Gasteiger partial charge in [-0.2, -0.15) is 0 Å². The summed E-state index contributed by atoms with van der Waals surface area (Å²) in [7, 11) is 0. The van der Waals surface area contributed by atoms with Gasteiger partial charge in [-0.05, 0) is 54.0 Å². The first-order valence-electron chi connectivity index (χ1n) is 6.81. The van der Waals surface area contributed by atoms with E-state index < -0.39 is 11.0 Å². The van der Waals surface area contributed by atoms with Crippen molar-refractivity contribution in [2.45, 2.75) is 59.1 Å². The predicted octanol–water partition coefficient (Wildman–Crippen LogP) is 1.78. The van der Waals surface area contributed by atoms with Gasteiger partial charge in [-0.15, -0.1) is 0 Å². The minimum Gasteiger partial charge on any atom is -0.460 e. The molecule has 1 atom stereocenters. The molecule has 1 unspecified atom stereocenters. The summed E-state index contributed by atoms with van der Waals surface area (Å²) in [5, 5.41) is 0. The summed E-state index contributed by atoms with van der Waals surface area (Å²) in [5.41, 5.74) is 5.06. The molecule has 0 aliphatic carbocycles. The lowest BCUT2D eigenvalue weighted by Crippen LogP contribution is -2.49. The molecule has 1 aliphatic heterocycles. The van der Waals surface area contributed by atoms with Crippen molar-refractivity contribution in [2.75, 3.05) is 19.6 Å². The molecule has 0 aromatic rings. The van der Waals surface area contributed by atoms with Gasteiger partial charge in [0.15, 0.2) is 0 Å². The molecule has 2 N–H and O–H groups in total. The number of esters is 1. The molecule has 0 bridgehead atoms. The first-order valence-corrected chi connectivity index (χ1v) is 6.81. The van der Waals surface area contributed by atoms with Crippen LogP contribution in [0, 0.1) is 5.41 Å². The second-order valence-electron chi connectivity index (χ2n) is 7.02. The fourth-order valence-corrected chi connectivity index (χ4v) is 2.27. The number of carbonyl (C=O) groups excluding carboxylic acids is 1. The summed E-state index contributed by atoms with van der Waals surface area (Å²) in [6, 6.07) is 0.244. The van der Waals surface area contributed by atoms with Gasteiger partial charge < -0.3 is 15.4 Å². The smallest absolute Gasteiger partial charge is 0.313 e. The third-order valence-corrected chi connectivity index (χ3v) is 3.11. The molecule has 18 heavy (non-hydrogen) atoms. The predicted molar refractivity (Wildman–Crippen MR) is 73.3 cm³/mol. The van der Waals surface area contributed by atoms with Gasteiger partial charge in [0.2, 0.25) is 0 Å². The minimum atomic E-state index is -0.482. The number of ether oxygens (including phenoxy) is 1. The van der Waals surface area contributed by atoms with E-state index in [2.05, 4.69) is 4.90 Å². The van der Waals surface area contributed by atoms with Gasteiger partial charge in [0.1, 0.15) is 5.60 Å². The Morgan fingerprint density at radius 3 is 2.44 bits per heavy atom. The zero-order valence-corrected chi connectivity index (χ0v) is 12.5. The van der Waals surface area contributed by atoms with E-state index in [4.69, 9.17) is 10.5 Å². The van der Waals surface area contributed by atoms with Crippen LogP contribution < -0.4 is 5.73 Å². The molecule has 1 saturated heterocycles. The molecule has 0 aromatic heterocycles. The van der Waals surface area contributed by atoms with Crippen LogP contribution in [0.25, 0.3) is 0 Å². The van der Waals surface area contributed by atoms with Crippen molar-refractivity contribution in [1.29, 1.82) is 0 Å². The Morgan fingerprint density at radius 2 is 1.94 bits per heavy atom. The fraction of sp³-hybridized carbons (Fsp3) is 0.929. The van der Waals surface area contributed by atoms with Crippen molar-refractivity contribution >= 4 is 5.97 Å². The Bertz CT molecular complexity index is 295. The molecule has 4 nitrogen and oxygen atoms in total. The van der Waals surface area contributed by atoms with E-state index in [1.54, 1.807) is 0 Å². The zero-order chi connectivity index (χ0) is 14.0.